The highest BCUT2D eigenvalue weighted by Gasteiger charge is 2.34. The van der Waals surface area contributed by atoms with E-state index in [2.05, 4.69) is 18.7 Å². The Morgan fingerprint density at radius 3 is 2.03 bits per heavy atom. The molecule has 39 heavy (non-hydrogen) atoms. The number of amides is 1. The molecule has 0 radical (unpaired) electrons. The normalized spacial score (nSPS) is 18.6. The van der Waals surface area contributed by atoms with Crippen molar-refractivity contribution in [3.05, 3.63) is 34.4 Å². The van der Waals surface area contributed by atoms with E-state index >= 15 is 0 Å². The molecular formula is C30H52N4O5+2. The summed E-state index contributed by atoms with van der Waals surface area (Å²) in [5.74, 6) is 0.741. The Balaban J connectivity index is 1.63. The van der Waals surface area contributed by atoms with Gasteiger partial charge in [-0.15, -0.1) is 0 Å². The summed E-state index contributed by atoms with van der Waals surface area (Å²) < 4.78 is 5.74. The van der Waals surface area contributed by atoms with Crippen LogP contribution in [0.25, 0.3) is 0 Å². The molecule has 0 heterocycles. The monoisotopic (exact) mass is 548 g/mol. The second-order valence-corrected chi connectivity index (χ2v) is 11.5. The standard InChI is InChI=1S/C30H50N4O5/c1-3-31(4-2)20-11-21-32(22-28(35)24-39-29-18-16-27(17-19-29)34(37)38)23-30(36)33(25-12-7-5-8-13-25)26-14-9-6-10-15-26/h16-19,25-26,28,35H,3-15,20-24H2,1-2H3/p+2. The molecule has 220 valence electrons. The summed E-state index contributed by atoms with van der Waals surface area (Å²) in [6.45, 7) is 9.44. The molecular weight excluding hydrogens is 496 g/mol. The molecule has 2 atom stereocenters. The maximum absolute atomic E-state index is 13.9. The van der Waals surface area contributed by atoms with Gasteiger partial charge >= 0.3 is 0 Å². The lowest BCUT2D eigenvalue weighted by atomic mass is 9.88. The summed E-state index contributed by atoms with van der Waals surface area (Å²) in [5.41, 5.74) is 0.00727. The summed E-state index contributed by atoms with van der Waals surface area (Å²) in [7, 11) is 0. The van der Waals surface area contributed by atoms with Crippen molar-refractivity contribution in [3.63, 3.8) is 0 Å². The molecule has 2 saturated carbocycles. The predicted octanol–water partition coefficient (Wildman–Crippen LogP) is 2.03. The molecule has 0 bridgehead atoms. The van der Waals surface area contributed by atoms with Crippen LogP contribution in [-0.4, -0.2) is 84.9 Å². The highest BCUT2D eigenvalue weighted by atomic mass is 16.6. The summed E-state index contributed by atoms with van der Waals surface area (Å²) in [6, 6.07) is 6.64. The summed E-state index contributed by atoms with van der Waals surface area (Å²) in [4.78, 5) is 29.3. The maximum Gasteiger partial charge on any atom is 0.278 e. The number of carbonyl (C=O) groups excluding carboxylic acids is 1. The third kappa shape index (κ3) is 10.4. The van der Waals surface area contributed by atoms with Gasteiger partial charge in [0.15, 0.2) is 6.54 Å². The zero-order chi connectivity index (χ0) is 28.0. The highest BCUT2D eigenvalue weighted by Crippen LogP contribution is 2.30. The van der Waals surface area contributed by atoms with Gasteiger partial charge < -0.3 is 24.5 Å². The summed E-state index contributed by atoms with van der Waals surface area (Å²) in [6.07, 6.45) is 12.1. The van der Waals surface area contributed by atoms with Crippen LogP contribution >= 0.6 is 0 Å². The fourth-order valence-electron chi connectivity index (χ4n) is 6.43. The first-order valence-electron chi connectivity index (χ1n) is 15.4. The SMILES string of the molecule is CC[NH+](CC)CCC[NH+](CC(=O)N(C1CCCCC1)C1CCCCC1)CC(O)COc1ccc([N+](=O)[O-])cc1. The molecule has 1 amide bonds. The van der Waals surface area contributed by atoms with Crippen molar-refractivity contribution in [2.24, 2.45) is 0 Å². The van der Waals surface area contributed by atoms with Crippen LogP contribution in [0.5, 0.6) is 5.75 Å². The summed E-state index contributed by atoms with van der Waals surface area (Å²) in [5, 5.41) is 21.8. The first-order chi connectivity index (χ1) is 18.9. The van der Waals surface area contributed by atoms with Crippen molar-refractivity contribution in [2.45, 2.75) is 103 Å². The molecule has 0 spiro atoms. The van der Waals surface area contributed by atoms with Crippen molar-refractivity contribution < 1.29 is 29.4 Å². The van der Waals surface area contributed by atoms with Crippen LogP contribution in [0.4, 0.5) is 5.69 Å². The Bertz CT molecular complexity index is 833. The molecule has 3 rings (SSSR count). The molecule has 0 saturated heterocycles. The van der Waals surface area contributed by atoms with Gasteiger partial charge in [-0.25, -0.2) is 0 Å². The van der Waals surface area contributed by atoms with E-state index in [-0.39, 0.29) is 18.2 Å². The number of hydrogen-bond donors (Lipinski definition) is 3. The van der Waals surface area contributed by atoms with Gasteiger partial charge in [0.1, 0.15) is 25.0 Å². The van der Waals surface area contributed by atoms with Gasteiger partial charge in [0.05, 0.1) is 31.1 Å². The van der Waals surface area contributed by atoms with Crippen LogP contribution in [0.15, 0.2) is 24.3 Å². The molecule has 0 aliphatic heterocycles. The lowest BCUT2D eigenvalue weighted by molar-refractivity contribution is -0.915. The van der Waals surface area contributed by atoms with Gasteiger partial charge in [-0.2, -0.15) is 0 Å². The number of benzene rings is 1. The van der Waals surface area contributed by atoms with Gasteiger partial charge in [-0.3, -0.25) is 14.9 Å². The Labute approximate surface area is 234 Å². The van der Waals surface area contributed by atoms with E-state index in [4.69, 9.17) is 4.74 Å². The van der Waals surface area contributed by atoms with Crippen LogP contribution in [-0.2, 0) is 4.79 Å². The molecule has 2 aliphatic carbocycles. The lowest BCUT2D eigenvalue weighted by Crippen LogP contribution is -3.16. The number of nitrogens with one attached hydrogen (secondary N) is 2. The number of aliphatic hydroxyl groups is 1. The second kappa shape index (κ2) is 16.8. The van der Waals surface area contributed by atoms with Crippen LogP contribution in [0.2, 0.25) is 0 Å². The van der Waals surface area contributed by atoms with E-state index in [1.807, 2.05) is 0 Å². The fraction of sp³-hybridized carbons (Fsp3) is 0.767. The molecule has 2 unspecified atom stereocenters. The Morgan fingerprint density at radius 1 is 0.974 bits per heavy atom. The molecule has 1 aromatic rings. The number of ether oxygens (including phenoxy) is 1. The molecule has 2 fully saturated rings. The third-order valence-electron chi connectivity index (χ3n) is 8.70. The first-order valence-corrected chi connectivity index (χ1v) is 15.4. The van der Waals surface area contributed by atoms with Crippen LogP contribution in [0, 0.1) is 10.1 Å². The number of hydrogen-bond acceptors (Lipinski definition) is 5. The number of nitrogens with zero attached hydrogens (tertiary/aromatic N) is 2. The van der Waals surface area contributed by atoms with Crippen LogP contribution in [0.3, 0.4) is 0 Å². The van der Waals surface area contributed by atoms with Crippen molar-refractivity contribution >= 4 is 11.6 Å². The third-order valence-corrected chi connectivity index (χ3v) is 8.70. The van der Waals surface area contributed by atoms with E-state index in [0.29, 0.717) is 30.9 Å². The van der Waals surface area contributed by atoms with E-state index in [1.165, 1.54) is 50.7 Å². The number of nitro groups is 1. The topological polar surface area (TPSA) is 102 Å². The number of non-ortho nitro benzene ring substituents is 1. The minimum absolute atomic E-state index is 0.00727. The van der Waals surface area contributed by atoms with E-state index in [1.54, 1.807) is 17.0 Å². The molecule has 0 aromatic heterocycles. The summed E-state index contributed by atoms with van der Waals surface area (Å²) >= 11 is 0. The van der Waals surface area contributed by atoms with Crippen molar-refractivity contribution in [3.8, 4) is 5.75 Å². The number of rotatable bonds is 16. The van der Waals surface area contributed by atoms with Gasteiger partial charge in [0, 0.05) is 30.6 Å². The Hall–Kier alpha value is -2.23. The highest BCUT2D eigenvalue weighted by molar-refractivity contribution is 5.78. The van der Waals surface area contributed by atoms with Crippen molar-refractivity contribution in [1.29, 1.82) is 0 Å². The fourth-order valence-corrected chi connectivity index (χ4v) is 6.43. The first kappa shape index (κ1) is 31.3. The van der Waals surface area contributed by atoms with E-state index < -0.39 is 11.0 Å². The van der Waals surface area contributed by atoms with Crippen molar-refractivity contribution in [1.82, 2.24) is 4.90 Å². The Morgan fingerprint density at radius 2 is 1.51 bits per heavy atom. The molecule has 2 aliphatic rings. The van der Waals surface area contributed by atoms with Gasteiger partial charge in [0.25, 0.3) is 11.6 Å². The van der Waals surface area contributed by atoms with Gasteiger partial charge in [-0.1, -0.05) is 38.5 Å². The minimum atomic E-state index is -0.735. The molecule has 1 aromatic carbocycles. The molecule has 3 N–H and O–H groups in total. The lowest BCUT2D eigenvalue weighted by Gasteiger charge is -2.42. The zero-order valence-electron chi connectivity index (χ0n) is 24.2. The minimum Gasteiger partial charge on any atom is -0.491 e. The average molecular weight is 549 g/mol. The zero-order valence-corrected chi connectivity index (χ0v) is 24.2. The number of nitro benzene ring substituents is 1. The smallest absolute Gasteiger partial charge is 0.278 e. The number of carbonyl (C=O) groups is 1. The van der Waals surface area contributed by atoms with Crippen LogP contribution in [0.1, 0.15) is 84.5 Å². The average Bonchev–Trinajstić information content (AvgIpc) is 2.95. The quantitative estimate of drug-likeness (QED) is 0.217. The largest absolute Gasteiger partial charge is 0.491 e. The van der Waals surface area contributed by atoms with Gasteiger partial charge in [0.2, 0.25) is 0 Å². The second-order valence-electron chi connectivity index (χ2n) is 11.5. The molecule has 9 nitrogen and oxygen atoms in total. The van der Waals surface area contributed by atoms with E-state index in [9.17, 15) is 20.0 Å². The number of aliphatic hydroxyl groups excluding tert-OH is 1. The van der Waals surface area contributed by atoms with E-state index in [0.717, 1.165) is 63.2 Å². The van der Waals surface area contributed by atoms with Crippen molar-refractivity contribution in [2.75, 3.05) is 45.9 Å². The maximum atomic E-state index is 13.9. The predicted molar refractivity (Wildman–Crippen MR) is 152 cm³/mol. The van der Waals surface area contributed by atoms with Gasteiger partial charge in [-0.05, 0) is 51.7 Å². The molecule has 9 heteroatoms. The number of quaternary nitrogens is 2. The van der Waals surface area contributed by atoms with Crippen LogP contribution < -0.4 is 14.5 Å². The Kier molecular flexibility index (Phi) is 13.5.